The van der Waals surface area contributed by atoms with Gasteiger partial charge in [0.2, 0.25) is 76.8 Å². The number of primary amides is 2. The van der Waals surface area contributed by atoms with Crippen LogP contribution in [0, 0.1) is 11.3 Å². The molecule has 0 bridgehead atoms. The molecule has 1 saturated heterocycles. The van der Waals surface area contributed by atoms with Crippen LogP contribution in [0.15, 0.2) is 30.3 Å². The van der Waals surface area contributed by atoms with Gasteiger partial charge in [0.05, 0.1) is 30.9 Å². The van der Waals surface area contributed by atoms with Crippen molar-refractivity contribution in [1.29, 1.82) is 5.41 Å². The number of carbonyl (C=O) groups is 14. The first-order chi connectivity index (χ1) is 42.3. The Bertz CT molecular complexity index is 2700. The molecule has 1 aliphatic heterocycles. The Morgan fingerprint density at radius 1 is 0.667 bits per heavy atom. The minimum absolute atomic E-state index is 0.00183. The van der Waals surface area contributed by atoms with Crippen LogP contribution in [0.1, 0.15) is 92.1 Å². The molecule has 21 N–H and O–H groups in total. The largest absolute Gasteiger partial charge is 0.481 e. The number of aliphatic hydroxyl groups is 2. The number of thioether (sulfide) groups is 2. The second kappa shape index (κ2) is 39.6. The minimum atomic E-state index is -1.93. The van der Waals surface area contributed by atoms with E-state index in [0.717, 1.165) is 13.8 Å². The van der Waals surface area contributed by atoms with Crippen LogP contribution in [0.25, 0.3) is 0 Å². The highest BCUT2D eigenvalue weighted by Crippen LogP contribution is 2.20. The summed E-state index contributed by atoms with van der Waals surface area (Å²) in [5.41, 5.74) is 16.5. The maximum atomic E-state index is 14.4. The van der Waals surface area contributed by atoms with Crippen LogP contribution in [0.5, 0.6) is 0 Å². The predicted molar refractivity (Wildman–Crippen MR) is 330 cm³/mol. The monoisotopic (exact) mass is 1310 g/mol. The molecule has 33 nitrogen and oxygen atoms in total. The molecule has 0 aliphatic carbocycles. The highest BCUT2D eigenvalue weighted by molar-refractivity contribution is 8.00. The number of benzene rings is 1. The summed E-state index contributed by atoms with van der Waals surface area (Å²) in [5.74, 6) is -15.0. The lowest BCUT2D eigenvalue weighted by molar-refractivity contribution is -0.141. The van der Waals surface area contributed by atoms with E-state index in [1.54, 1.807) is 50.4 Å². The van der Waals surface area contributed by atoms with Gasteiger partial charge in [-0.05, 0) is 76.4 Å². The van der Waals surface area contributed by atoms with Crippen molar-refractivity contribution in [3.8, 4) is 0 Å². The van der Waals surface area contributed by atoms with Crippen LogP contribution in [-0.4, -0.2) is 225 Å². The number of nitrogens with two attached hydrogens (primary N) is 3. The Hall–Kier alpha value is -8.31. The van der Waals surface area contributed by atoms with E-state index in [2.05, 4.69) is 58.5 Å². The summed E-state index contributed by atoms with van der Waals surface area (Å²) in [6, 6.07) is -5.89. The minimum Gasteiger partial charge on any atom is -0.481 e. The van der Waals surface area contributed by atoms with E-state index < -0.39 is 186 Å². The molecule has 13 atom stereocenters. The zero-order chi connectivity index (χ0) is 67.9. The topological polar surface area (TPSA) is 537 Å². The molecular formula is C55H88N16O17S2. The van der Waals surface area contributed by atoms with Crippen molar-refractivity contribution in [2.75, 3.05) is 43.1 Å². The van der Waals surface area contributed by atoms with Gasteiger partial charge in [-0.1, -0.05) is 50.6 Å². The van der Waals surface area contributed by atoms with Gasteiger partial charge in [-0.2, -0.15) is 11.8 Å². The van der Waals surface area contributed by atoms with E-state index in [4.69, 9.17) is 22.6 Å². The number of nitrogens with one attached hydrogen (secondary N) is 12. The van der Waals surface area contributed by atoms with Gasteiger partial charge in [-0.3, -0.25) is 72.5 Å². The smallest absolute Gasteiger partial charge is 0.313 e. The fourth-order valence-electron chi connectivity index (χ4n) is 9.01. The number of nitrogens with zero attached hydrogens (tertiary/aromatic N) is 1. The highest BCUT2D eigenvalue weighted by Gasteiger charge is 2.40. The molecule has 0 spiro atoms. The average Bonchev–Trinajstić information content (AvgIpc) is 2.02. The number of carbonyl (C=O) groups excluding carboxylic acids is 13. The van der Waals surface area contributed by atoms with Gasteiger partial charge in [-0.15, -0.1) is 11.8 Å². The maximum absolute atomic E-state index is 14.4. The molecule has 2 rings (SSSR count). The first kappa shape index (κ1) is 77.8. The lowest BCUT2D eigenvalue weighted by Crippen LogP contribution is -2.63. The van der Waals surface area contributed by atoms with Crippen LogP contribution >= 0.6 is 23.5 Å². The third-order valence-corrected chi connectivity index (χ3v) is 15.6. The Kier molecular flexibility index (Phi) is 34.3. The van der Waals surface area contributed by atoms with E-state index in [1.807, 2.05) is 0 Å². The quantitative estimate of drug-likeness (QED) is 0.0165. The van der Waals surface area contributed by atoms with Gasteiger partial charge in [0.1, 0.15) is 60.4 Å². The molecule has 1 aromatic rings. The van der Waals surface area contributed by atoms with E-state index >= 15 is 0 Å². The molecule has 0 saturated carbocycles. The van der Waals surface area contributed by atoms with Gasteiger partial charge in [0, 0.05) is 32.2 Å². The van der Waals surface area contributed by atoms with Crippen LogP contribution in [0.3, 0.4) is 0 Å². The van der Waals surface area contributed by atoms with Crippen LogP contribution in [0.2, 0.25) is 0 Å². The Morgan fingerprint density at radius 2 is 1.21 bits per heavy atom. The summed E-state index contributed by atoms with van der Waals surface area (Å²) in [4.78, 5) is 186. The standard InChI is InChI=1S/C55H88N16O17S2/c1-8-27(2)42(51(85)67-37(25-90-26-41(77)78)49(83)69-44(30(5)73)53(87)70-43(29(4)72)52(86)65-35(45(57)79)23-39(56)75)68-40(76)24-61-46(80)34(18-21-89-7)64-47(81)33(16-12-19-60-55(58)59)63-48(82)36(22-32-14-10-9-11-15-32)66-50(84)38-17-13-20-71(38)54(88)28(3)62-31(6)74/h9-11,14-15,27-30,33-38,42-44,72-73H,8,12-13,16-26H2,1-7H3,(H2,56,75)(H2,57,79)(H,61,80)(H,62,74)(H,63,82)(H,64,81)(H,65,86)(H,66,84)(H,67,85)(H,68,76)(H,69,83)(H,70,87)(H,77,78)(H4,58,59,60). The molecule has 35 heteroatoms. The van der Waals surface area contributed by atoms with Gasteiger partial charge in [0.15, 0.2) is 5.96 Å². The second-order valence-electron chi connectivity index (χ2n) is 21.5. The first-order valence-corrected chi connectivity index (χ1v) is 31.5. The van der Waals surface area contributed by atoms with Crippen LogP contribution in [-0.2, 0) is 73.5 Å². The van der Waals surface area contributed by atoms with Crippen LogP contribution in [0.4, 0.5) is 0 Å². The normalized spacial score (nSPS) is 16.7. The number of hydrogen-bond donors (Lipinski definition) is 18. The molecule has 502 valence electrons. The zero-order valence-corrected chi connectivity index (χ0v) is 53.0. The summed E-state index contributed by atoms with van der Waals surface area (Å²) in [7, 11) is 0. The average molecular weight is 1310 g/mol. The Morgan fingerprint density at radius 3 is 1.76 bits per heavy atom. The molecule has 1 aliphatic rings. The molecule has 1 aromatic carbocycles. The number of carboxylic acid groups (broad SMARTS) is 1. The Balaban J connectivity index is 2.38. The van der Waals surface area contributed by atoms with E-state index in [-0.39, 0.29) is 57.6 Å². The maximum Gasteiger partial charge on any atom is 0.313 e. The van der Waals surface area contributed by atoms with E-state index in [9.17, 15) is 82.4 Å². The number of carboxylic acids is 1. The molecule has 0 radical (unpaired) electrons. The van der Waals surface area contributed by atoms with Gasteiger partial charge in [-0.25, -0.2) is 0 Å². The fourth-order valence-corrected chi connectivity index (χ4v) is 10.2. The van der Waals surface area contributed by atoms with E-state index in [0.29, 0.717) is 29.5 Å². The lowest BCUT2D eigenvalue weighted by Gasteiger charge is -2.29. The number of hydrogen-bond acceptors (Lipinski definition) is 19. The van der Waals surface area contributed by atoms with Gasteiger partial charge < -0.3 is 95.9 Å². The number of aliphatic carboxylic acids is 1. The zero-order valence-electron chi connectivity index (χ0n) is 51.3. The van der Waals surface area contributed by atoms with Crippen molar-refractivity contribution in [3.05, 3.63) is 35.9 Å². The Labute approximate surface area is 529 Å². The summed E-state index contributed by atoms with van der Waals surface area (Å²) in [6.45, 7) is 7.65. The number of likely N-dealkylation sites (tertiary alicyclic amines) is 1. The number of aliphatic hydroxyl groups excluding tert-OH is 2. The summed E-state index contributed by atoms with van der Waals surface area (Å²) >= 11 is 1.99. The molecule has 1 heterocycles. The number of rotatable bonds is 40. The molecule has 90 heavy (non-hydrogen) atoms. The predicted octanol–water partition coefficient (Wildman–Crippen LogP) is -6.26. The molecule has 1 fully saturated rings. The van der Waals surface area contributed by atoms with Crippen molar-refractivity contribution in [3.63, 3.8) is 0 Å². The number of amides is 13. The summed E-state index contributed by atoms with van der Waals surface area (Å²) in [6.07, 6.45) is -1.46. The number of guanidine groups is 1. The molecular weight excluding hydrogens is 1220 g/mol. The summed E-state index contributed by atoms with van der Waals surface area (Å²) < 4.78 is 0. The first-order valence-electron chi connectivity index (χ1n) is 28.9. The van der Waals surface area contributed by atoms with Gasteiger partial charge >= 0.3 is 5.97 Å². The van der Waals surface area contributed by atoms with Crippen molar-refractivity contribution < 1.29 is 82.4 Å². The summed E-state index contributed by atoms with van der Waals surface area (Å²) in [5, 5.41) is 65.1. The van der Waals surface area contributed by atoms with Crippen molar-refractivity contribution in [2.24, 2.45) is 23.1 Å². The van der Waals surface area contributed by atoms with E-state index in [1.165, 1.54) is 30.5 Å². The molecule has 0 aromatic heterocycles. The van der Waals surface area contributed by atoms with Crippen molar-refractivity contribution in [2.45, 2.75) is 166 Å². The van der Waals surface area contributed by atoms with Gasteiger partial charge in [0.25, 0.3) is 0 Å². The molecule has 13 amide bonds. The highest BCUT2D eigenvalue weighted by atomic mass is 32.2. The van der Waals surface area contributed by atoms with Crippen LogP contribution < -0.4 is 75.7 Å². The SMILES string of the molecule is CCC(C)C(NC(=O)CNC(=O)C(CCSC)NC(=O)C(CCCNC(=N)N)NC(=O)C(Cc1ccccc1)NC(=O)C1CCCN1C(=O)C(C)NC(C)=O)C(=O)NC(CSCC(=O)O)C(=O)NC(C(=O)NC(C(=O)NC(CC(N)=O)C(N)=O)C(C)O)C(C)O. The van der Waals surface area contributed by atoms with Crippen molar-refractivity contribution >= 4 is 112 Å². The van der Waals surface area contributed by atoms with Crippen molar-refractivity contribution in [1.82, 2.24) is 63.4 Å². The third kappa shape index (κ3) is 27.6. The lowest BCUT2D eigenvalue weighted by atomic mass is 9.98. The fraction of sp³-hybridized carbons (Fsp3) is 0.618. The third-order valence-electron chi connectivity index (χ3n) is 14.0. The molecule has 13 unspecified atom stereocenters. The second-order valence-corrected chi connectivity index (χ2v) is 23.5.